The molecule has 0 aliphatic heterocycles. The normalized spacial score (nSPS) is 13.0. The smallest absolute Gasteiger partial charge is 0.0541 e. The van der Waals surface area contributed by atoms with Crippen molar-refractivity contribution in [2.45, 2.75) is 105 Å². The van der Waals surface area contributed by atoms with E-state index < -0.39 is 0 Å². The zero-order valence-corrected chi connectivity index (χ0v) is 44.2. The molecule has 0 bridgehead atoms. The number of hydrogen-bond acceptors (Lipinski definition) is 0. The minimum atomic E-state index is 0.0656. The highest BCUT2D eigenvalue weighted by molar-refractivity contribution is 6.11. The summed E-state index contributed by atoms with van der Waals surface area (Å²) >= 11 is 0. The summed E-state index contributed by atoms with van der Waals surface area (Å²) in [5.74, 6) is 0. The lowest BCUT2D eigenvalue weighted by molar-refractivity contribution is 0.590. The van der Waals surface area contributed by atoms with Crippen LogP contribution in [0.1, 0.15) is 105 Å². The molecular formula is C70H66N2. The van der Waals surface area contributed by atoms with Crippen LogP contribution in [0.5, 0.6) is 0 Å². The number of rotatable bonds is 4. The Labute approximate surface area is 425 Å². The van der Waals surface area contributed by atoms with Gasteiger partial charge in [-0.25, -0.2) is 0 Å². The fourth-order valence-corrected chi connectivity index (χ4v) is 11.2. The Hall–Kier alpha value is -7.42. The molecule has 0 amide bonds. The maximum absolute atomic E-state index is 2.46. The second-order valence-corrected chi connectivity index (χ2v) is 24.9. The molecule has 356 valence electrons. The van der Waals surface area contributed by atoms with Gasteiger partial charge in [0, 0.05) is 32.9 Å². The maximum atomic E-state index is 2.46. The van der Waals surface area contributed by atoms with Crippen LogP contribution in [0.3, 0.4) is 0 Å². The van der Waals surface area contributed by atoms with E-state index >= 15 is 0 Å². The summed E-state index contributed by atoms with van der Waals surface area (Å²) in [5.41, 5.74) is 17.9. The van der Waals surface area contributed by atoms with E-state index in [4.69, 9.17) is 0 Å². The quantitative estimate of drug-likeness (QED) is 0.166. The lowest BCUT2D eigenvalue weighted by Gasteiger charge is -2.19. The minimum absolute atomic E-state index is 0.0656. The predicted molar refractivity (Wildman–Crippen MR) is 313 cm³/mol. The van der Waals surface area contributed by atoms with Gasteiger partial charge in [0.25, 0.3) is 0 Å². The SMILES string of the molecule is CC(C)(C)c1ccc2c(c1)c1cc(C(C)(C)C)ccc1n2-c1ccc2cc(-c3ccc4cc(-c5ccc6cc(-n7c8ccc(C(C)(C)C)cc8c8cc(C(C)(C)C)ccc87)ccc6c5)ccc4c3)ccc2c1. The second kappa shape index (κ2) is 16.0. The van der Waals surface area contributed by atoms with E-state index in [1.54, 1.807) is 0 Å². The van der Waals surface area contributed by atoms with Crippen LogP contribution in [0.4, 0.5) is 0 Å². The van der Waals surface area contributed by atoms with E-state index in [1.165, 1.54) is 132 Å². The fourth-order valence-electron chi connectivity index (χ4n) is 11.2. The molecule has 12 aromatic rings. The van der Waals surface area contributed by atoms with Crippen LogP contribution in [0.25, 0.3) is 110 Å². The zero-order valence-electron chi connectivity index (χ0n) is 44.2. The highest BCUT2D eigenvalue weighted by Gasteiger charge is 2.23. The Morgan fingerprint density at radius 3 is 0.681 bits per heavy atom. The first-order chi connectivity index (χ1) is 34.2. The molecule has 0 spiro atoms. The van der Waals surface area contributed by atoms with Crippen LogP contribution >= 0.6 is 0 Å². The molecule has 2 aromatic heterocycles. The molecule has 10 aromatic carbocycles. The van der Waals surface area contributed by atoms with Crippen molar-refractivity contribution in [3.8, 4) is 33.6 Å². The summed E-state index contributed by atoms with van der Waals surface area (Å²) < 4.78 is 4.92. The Balaban J connectivity index is 0.844. The molecule has 12 rings (SSSR count). The van der Waals surface area contributed by atoms with Crippen molar-refractivity contribution in [1.82, 2.24) is 9.13 Å². The molecular weight excluding hydrogens is 869 g/mol. The Morgan fingerprint density at radius 1 is 0.222 bits per heavy atom. The first-order valence-corrected chi connectivity index (χ1v) is 26.0. The van der Waals surface area contributed by atoms with Crippen molar-refractivity contribution < 1.29 is 0 Å². The van der Waals surface area contributed by atoms with Gasteiger partial charge >= 0.3 is 0 Å². The number of benzene rings is 10. The summed E-state index contributed by atoms with van der Waals surface area (Å²) in [5, 5.41) is 12.7. The molecule has 0 radical (unpaired) electrons. The van der Waals surface area contributed by atoms with Gasteiger partial charge in [0.2, 0.25) is 0 Å². The Morgan fingerprint density at radius 2 is 0.444 bits per heavy atom. The third-order valence-corrected chi connectivity index (χ3v) is 15.7. The van der Waals surface area contributed by atoms with Crippen LogP contribution in [-0.2, 0) is 21.7 Å². The number of hydrogen-bond donors (Lipinski definition) is 0. The predicted octanol–water partition coefficient (Wildman–Crippen LogP) is 19.9. The van der Waals surface area contributed by atoms with Gasteiger partial charge in [-0.1, -0.05) is 168 Å². The number of nitrogens with zero attached hydrogens (tertiary/aromatic N) is 2. The van der Waals surface area contributed by atoms with Crippen LogP contribution in [0.15, 0.2) is 182 Å². The lowest BCUT2D eigenvalue weighted by Crippen LogP contribution is -2.10. The van der Waals surface area contributed by atoms with Crippen molar-refractivity contribution in [2.24, 2.45) is 0 Å². The molecule has 0 aliphatic rings. The molecule has 2 heteroatoms. The summed E-state index contributed by atoms with van der Waals surface area (Å²) in [6.07, 6.45) is 0. The van der Waals surface area contributed by atoms with E-state index in [-0.39, 0.29) is 21.7 Å². The second-order valence-electron chi connectivity index (χ2n) is 24.9. The molecule has 0 aliphatic carbocycles. The molecule has 0 unspecified atom stereocenters. The standard InChI is InChI=1S/C70H66N2/c1-67(2,3)53-23-29-63-59(39-53)60-40-54(68(4,5)6)24-30-64(60)71(63)57-27-21-49-35-47(17-19-51(49)37-57)45-15-13-44-34-46(16-14-43(44)33-45)48-18-20-52-38-58(28-22-50(52)36-48)72-65-31-25-55(69(7,8)9)41-61(65)62-42-56(70(10,11)12)26-32-66(62)72/h13-42H,1-12H3. The molecule has 0 atom stereocenters. The van der Waals surface area contributed by atoms with Gasteiger partial charge in [0.15, 0.2) is 0 Å². The zero-order chi connectivity index (χ0) is 50.2. The minimum Gasteiger partial charge on any atom is -0.309 e. The summed E-state index contributed by atoms with van der Waals surface area (Å²) in [6, 6.07) is 69.8. The molecule has 0 saturated heterocycles. The van der Waals surface area contributed by atoms with Crippen molar-refractivity contribution in [1.29, 1.82) is 0 Å². The Kier molecular flexibility index (Phi) is 10.2. The van der Waals surface area contributed by atoms with Crippen LogP contribution in [0.2, 0.25) is 0 Å². The van der Waals surface area contributed by atoms with E-state index in [0.717, 1.165) is 0 Å². The van der Waals surface area contributed by atoms with Crippen molar-refractivity contribution >= 4 is 75.9 Å². The first kappa shape index (κ1) is 45.7. The van der Waals surface area contributed by atoms with Crippen molar-refractivity contribution in [3.63, 3.8) is 0 Å². The number of fused-ring (bicyclic) bond motifs is 9. The average molecular weight is 935 g/mol. The molecule has 0 N–H and O–H groups in total. The Bertz CT molecular complexity index is 3760. The molecule has 0 fully saturated rings. The van der Waals surface area contributed by atoms with Gasteiger partial charge in [0.1, 0.15) is 0 Å². The monoisotopic (exact) mass is 935 g/mol. The van der Waals surface area contributed by atoms with Crippen LogP contribution < -0.4 is 0 Å². The molecule has 2 nitrogen and oxygen atoms in total. The average Bonchev–Trinajstić information content (AvgIpc) is 3.86. The molecule has 72 heavy (non-hydrogen) atoms. The van der Waals surface area contributed by atoms with Gasteiger partial charge in [-0.2, -0.15) is 0 Å². The highest BCUT2D eigenvalue weighted by Crippen LogP contribution is 2.41. The van der Waals surface area contributed by atoms with Gasteiger partial charge in [0.05, 0.1) is 22.1 Å². The first-order valence-electron chi connectivity index (χ1n) is 26.0. The van der Waals surface area contributed by atoms with E-state index in [2.05, 4.69) is 274 Å². The van der Waals surface area contributed by atoms with Crippen molar-refractivity contribution in [3.05, 3.63) is 204 Å². The van der Waals surface area contributed by atoms with E-state index in [0.29, 0.717) is 0 Å². The molecule has 0 saturated carbocycles. The lowest BCUT2D eigenvalue weighted by atomic mass is 9.85. The van der Waals surface area contributed by atoms with Gasteiger partial charge in [-0.05, 0) is 196 Å². The molecule has 2 heterocycles. The summed E-state index contributed by atoms with van der Waals surface area (Å²) in [6.45, 7) is 27.6. The van der Waals surface area contributed by atoms with E-state index in [9.17, 15) is 0 Å². The van der Waals surface area contributed by atoms with Gasteiger partial charge < -0.3 is 9.13 Å². The van der Waals surface area contributed by atoms with Crippen LogP contribution in [0, 0.1) is 0 Å². The fraction of sp³-hybridized carbons (Fsp3) is 0.229. The largest absolute Gasteiger partial charge is 0.309 e. The maximum Gasteiger partial charge on any atom is 0.0541 e. The van der Waals surface area contributed by atoms with E-state index in [1.807, 2.05) is 0 Å². The highest BCUT2D eigenvalue weighted by atomic mass is 15.0. The van der Waals surface area contributed by atoms with Gasteiger partial charge in [-0.3, -0.25) is 0 Å². The van der Waals surface area contributed by atoms with Crippen LogP contribution in [-0.4, -0.2) is 9.13 Å². The third kappa shape index (κ3) is 7.79. The van der Waals surface area contributed by atoms with Crippen molar-refractivity contribution in [2.75, 3.05) is 0 Å². The van der Waals surface area contributed by atoms with Gasteiger partial charge in [-0.15, -0.1) is 0 Å². The third-order valence-electron chi connectivity index (χ3n) is 15.7. The topological polar surface area (TPSA) is 9.86 Å². The summed E-state index contributed by atoms with van der Waals surface area (Å²) in [7, 11) is 0. The number of aromatic nitrogens is 2. The summed E-state index contributed by atoms with van der Waals surface area (Å²) in [4.78, 5) is 0.